The quantitative estimate of drug-likeness (QED) is 0.554. The third-order valence-corrected chi connectivity index (χ3v) is 7.26. The molecule has 0 bridgehead atoms. The van der Waals surface area contributed by atoms with Crippen molar-refractivity contribution in [3.05, 3.63) is 64.7 Å². The fourth-order valence-corrected chi connectivity index (χ4v) is 5.00. The van der Waals surface area contributed by atoms with Crippen LogP contribution in [0.15, 0.2) is 42.5 Å². The lowest BCUT2D eigenvalue weighted by atomic mass is 9.96. The molecule has 1 aliphatic carbocycles. The Morgan fingerprint density at radius 2 is 2.03 bits per heavy atom. The van der Waals surface area contributed by atoms with Crippen LogP contribution < -0.4 is 10.1 Å². The molecule has 174 valence electrons. The molecule has 1 aliphatic heterocycles. The Morgan fingerprint density at radius 1 is 1.24 bits per heavy atom. The van der Waals surface area contributed by atoms with Crippen LogP contribution in [0.2, 0.25) is 0 Å². The van der Waals surface area contributed by atoms with Crippen LogP contribution in [0, 0.1) is 5.92 Å². The van der Waals surface area contributed by atoms with Gasteiger partial charge in [-0.3, -0.25) is 9.59 Å². The number of hydrogen-bond acceptors (Lipinski definition) is 5. The summed E-state index contributed by atoms with van der Waals surface area (Å²) in [5.74, 6) is 1.46. The summed E-state index contributed by atoms with van der Waals surface area (Å²) < 4.78 is 6.44. The van der Waals surface area contributed by atoms with E-state index in [9.17, 15) is 14.4 Å². The van der Waals surface area contributed by atoms with Crippen molar-refractivity contribution >= 4 is 29.2 Å². The lowest BCUT2D eigenvalue weighted by molar-refractivity contribution is -0.107. The van der Waals surface area contributed by atoms with Gasteiger partial charge in [0.1, 0.15) is 18.1 Å². The number of carbonyl (C=O) groups is 3. The number of fused-ring (bicyclic) bond motifs is 1. The third-order valence-electron chi connectivity index (χ3n) is 6.26. The summed E-state index contributed by atoms with van der Waals surface area (Å²) in [7, 11) is 1.56. The number of nitrogens with one attached hydrogen (secondary N) is 1. The van der Waals surface area contributed by atoms with Gasteiger partial charge in [0.2, 0.25) is 0 Å². The third kappa shape index (κ3) is 5.58. The second-order valence-corrected chi connectivity index (χ2v) is 9.88. The number of aldehydes is 1. The summed E-state index contributed by atoms with van der Waals surface area (Å²) in [5, 5.41) is 1.89. The van der Waals surface area contributed by atoms with Gasteiger partial charge in [-0.05, 0) is 60.9 Å². The normalized spacial score (nSPS) is 18.4. The molecule has 0 aromatic heterocycles. The van der Waals surface area contributed by atoms with Crippen molar-refractivity contribution in [1.29, 1.82) is 0 Å². The molecule has 0 radical (unpaired) electrons. The molecule has 7 heteroatoms. The average molecular weight is 467 g/mol. The molecule has 0 spiro atoms. The lowest BCUT2D eigenvalue weighted by Crippen LogP contribution is -2.42. The number of benzene rings is 2. The monoisotopic (exact) mass is 466 g/mol. The van der Waals surface area contributed by atoms with Gasteiger partial charge in [0.05, 0.1) is 11.8 Å². The van der Waals surface area contributed by atoms with E-state index in [4.69, 9.17) is 4.74 Å². The minimum atomic E-state index is -0.436. The van der Waals surface area contributed by atoms with Gasteiger partial charge in [-0.25, -0.2) is 0 Å². The highest BCUT2D eigenvalue weighted by Crippen LogP contribution is 2.35. The number of aryl methyl sites for hydroxylation is 1. The number of carbonyl (C=O) groups excluding carboxylic acids is 3. The molecule has 1 fully saturated rings. The summed E-state index contributed by atoms with van der Waals surface area (Å²) in [6.45, 7) is 3.41. The van der Waals surface area contributed by atoms with E-state index >= 15 is 0 Å². The molecule has 2 atom stereocenters. The number of nitrogens with zero attached hydrogens (tertiary/aromatic N) is 1. The zero-order chi connectivity index (χ0) is 23.4. The van der Waals surface area contributed by atoms with Crippen molar-refractivity contribution in [3.63, 3.8) is 0 Å². The Morgan fingerprint density at radius 3 is 2.73 bits per heavy atom. The minimum absolute atomic E-state index is 0.0930. The molecule has 1 N–H and O–H groups in total. The topological polar surface area (TPSA) is 75.7 Å². The maximum absolute atomic E-state index is 13.0. The fourth-order valence-electron chi connectivity index (χ4n) is 4.29. The van der Waals surface area contributed by atoms with Gasteiger partial charge >= 0.3 is 0 Å². The van der Waals surface area contributed by atoms with E-state index in [0.29, 0.717) is 18.9 Å². The molecule has 33 heavy (non-hydrogen) atoms. The van der Waals surface area contributed by atoms with E-state index in [1.807, 2.05) is 47.4 Å². The maximum Gasteiger partial charge on any atom is 0.279 e. The van der Waals surface area contributed by atoms with E-state index in [0.717, 1.165) is 59.0 Å². The molecule has 6 nitrogen and oxygen atoms in total. The Kier molecular flexibility index (Phi) is 7.38. The molecular weight excluding hydrogens is 436 g/mol. The number of rotatable bonds is 9. The molecule has 2 unspecified atom stereocenters. The van der Waals surface area contributed by atoms with Gasteiger partial charge in [0.15, 0.2) is 0 Å². The Bertz CT molecular complexity index is 1040. The first-order valence-corrected chi connectivity index (χ1v) is 12.4. The predicted molar refractivity (Wildman–Crippen MR) is 130 cm³/mol. The second kappa shape index (κ2) is 10.4. The lowest BCUT2D eigenvalue weighted by Gasteiger charge is -2.34. The molecule has 0 saturated heterocycles. The summed E-state index contributed by atoms with van der Waals surface area (Å²) in [5.41, 5.74) is 3.78. The molecule has 2 aliphatic rings. The summed E-state index contributed by atoms with van der Waals surface area (Å²) in [6.07, 6.45) is 4.27. The van der Waals surface area contributed by atoms with Crippen LogP contribution in [0.1, 0.15) is 52.9 Å². The number of thioether (sulfide) groups is 1. The zero-order valence-electron chi connectivity index (χ0n) is 19.1. The van der Waals surface area contributed by atoms with Crippen molar-refractivity contribution in [2.75, 3.05) is 20.1 Å². The van der Waals surface area contributed by atoms with Crippen molar-refractivity contribution in [1.82, 2.24) is 10.2 Å². The van der Waals surface area contributed by atoms with Gasteiger partial charge in [-0.1, -0.05) is 43.0 Å². The summed E-state index contributed by atoms with van der Waals surface area (Å²) in [4.78, 5) is 38.1. The predicted octanol–water partition coefficient (Wildman–Crippen LogP) is 4.42. The maximum atomic E-state index is 13.0. The van der Waals surface area contributed by atoms with Crippen LogP contribution in [0.4, 0.5) is 4.79 Å². The Hall–Kier alpha value is -2.80. The van der Waals surface area contributed by atoms with Crippen LogP contribution in [0.5, 0.6) is 5.75 Å². The molecular formula is C26H30N2O4S. The van der Waals surface area contributed by atoms with Crippen molar-refractivity contribution < 1.29 is 19.1 Å². The zero-order valence-corrected chi connectivity index (χ0v) is 19.9. The van der Waals surface area contributed by atoms with Crippen molar-refractivity contribution in [2.24, 2.45) is 5.92 Å². The minimum Gasteiger partial charge on any atom is -0.484 e. The van der Waals surface area contributed by atoms with Gasteiger partial charge in [-0.2, -0.15) is 0 Å². The van der Waals surface area contributed by atoms with Crippen LogP contribution in [0.3, 0.4) is 0 Å². The number of ether oxygens (including phenoxy) is 1. The van der Waals surface area contributed by atoms with E-state index in [-0.39, 0.29) is 17.3 Å². The van der Waals surface area contributed by atoms with Gasteiger partial charge in [0.25, 0.3) is 11.1 Å². The van der Waals surface area contributed by atoms with Crippen molar-refractivity contribution in [2.45, 2.75) is 44.0 Å². The van der Waals surface area contributed by atoms with Crippen LogP contribution in [-0.4, -0.2) is 47.7 Å². The first-order valence-electron chi connectivity index (χ1n) is 11.5. The van der Waals surface area contributed by atoms with E-state index < -0.39 is 5.25 Å². The van der Waals surface area contributed by atoms with E-state index in [1.54, 1.807) is 7.05 Å². The Balaban J connectivity index is 1.53. The molecule has 1 saturated carbocycles. The van der Waals surface area contributed by atoms with Crippen molar-refractivity contribution in [3.8, 4) is 5.75 Å². The SMILES string of the molecule is CCc1cc(OC2CN(CC3CC3)C(=O)c3ccccc32)ccc1CC(C=O)SC(=O)NC. The second-order valence-electron chi connectivity index (χ2n) is 8.67. The highest BCUT2D eigenvalue weighted by molar-refractivity contribution is 8.14. The standard InChI is InChI=1S/C26H30N2O4S/c1-3-18-12-20(11-10-19(18)13-21(16-29)33-26(31)27-2)32-24-15-28(14-17-8-9-17)25(30)23-7-5-4-6-22(23)24/h4-7,10-12,16-17,21,24H,3,8-9,13-15H2,1-2H3,(H,27,31). The van der Waals surface area contributed by atoms with E-state index in [1.165, 1.54) is 12.8 Å². The smallest absolute Gasteiger partial charge is 0.279 e. The van der Waals surface area contributed by atoms with E-state index in [2.05, 4.69) is 12.2 Å². The summed E-state index contributed by atoms with van der Waals surface area (Å²) >= 11 is 1.01. The molecule has 2 aromatic carbocycles. The molecule has 4 rings (SSSR count). The first-order chi connectivity index (χ1) is 16.0. The highest BCUT2D eigenvalue weighted by Gasteiger charge is 2.35. The average Bonchev–Trinajstić information content (AvgIpc) is 3.66. The van der Waals surface area contributed by atoms with Crippen LogP contribution in [0.25, 0.3) is 0 Å². The first kappa shape index (κ1) is 23.4. The van der Waals surface area contributed by atoms with Gasteiger partial charge < -0.3 is 19.7 Å². The molecule has 2 amide bonds. The summed E-state index contributed by atoms with van der Waals surface area (Å²) in [6, 6.07) is 13.6. The highest BCUT2D eigenvalue weighted by atomic mass is 32.2. The number of amides is 2. The fraction of sp³-hybridized carbons (Fsp3) is 0.423. The van der Waals surface area contributed by atoms with Crippen LogP contribution >= 0.6 is 11.8 Å². The van der Waals surface area contributed by atoms with Gasteiger partial charge in [0, 0.05) is 24.7 Å². The molecule has 1 heterocycles. The molecule has 2 aromatic rings. The largest absolute Gasteiger partial charge is 0.484 e. The van der Waals surface area contributed by atoms with Gasteiger partial charge in [-0.15, -0.1) is 0 Å². The Labute approximate surface area is 199 Å². The number of hydrogen-bond donors (Lipinski definition) is 1. The van der Waals surface area contributed by atoms with Crippen LogP contribution in [-0.2, 0) is 17.6 Å².